The molecule has 0 saturated carbocycles. The fourth-order valence-electron chi connectivity index (χ4n) is 2.89. The number of anilines is 2. The Bertz CT molecular complexity index is 701. The summed E-state index contributed by atoms with van der Waals surface area (Å²) in [6.45, 7) is 8.56. The minimum Gasteiger partial charge on any atom is -0.444 e. The normalized spacial score (nSPS) is 20.2. The average molecular weight is 353 g/mol. The van der Waals surface area contributed by atoms with Crippen molar-refractivity contribution in [3.05, 3.63) is 16.8 Å². The molecule has 2 aliphatic rings. The van der Waals surface area contributed by atoms with Crippen molar-refractivity contribution in [1.29, 1.82) is 0 Å². The average Bonchev–Trinajstić information content (AvgIpc) is 2.49. The molecular weight excluding hydrogens is 332 g/mol. The molecule has 1 fully saturated rings. The van der Waals surface area contributed by atoms with Crippen LogP contribution in [0, 0.1) is 6.92 Å². The maximum atomic E-state index is 12.5. The Labute approximate surface area is 145 Å². The molecule has 1 aromatic heterocycles. The molecule has 0 bridgehead atoms. The summed E-state index contributed by atoms with van der Waals surface area (Å²) in [7, 11) is 0. The van der Waals surface area contributed by atoms with Gasteiger partial charge in [-0.3, -0.25) is 4.79 Å². The Balaban J connectivity index is 1.83. The van der Waals surface area contributed by atoms with Crippen molar-refractivity contribution in [2.24, 2.45) is 0 Å². The second-order valence-electron chi connectivity index (χ2n) is 7.05. The highest BCUT2D eigenvalue weighted by Gasteiger charge is 2.41. The van der Waals surface area contributed by atoms with Gasteiger partial charge in [0.1, 0.15) is 11.6 Å². The van der Waals surface area contributed by atoms with Crippen LogP contribution in [0.1, 0.15) is 26.3 Å². The second-order valence-corrected chi connectivity index (χ2v) is 7.46. The molecule has 0 spiro atoms. The Morgan fingerprint density at radius 2 is 2.12 bits per heavy atom. The molecule has 2 aliphatic heterocycles. The fourth-order valence-corrected chi connectivity index (χ4v) is 3.04. The monoisotopic (exact) mass is 352 g/mol. The van der Waals surface area contributed by atoms with Crippen molar-refractivity contribution < 1.29 is 14.3 Å². The first-order valence-corrected chi connectivity index (χ1v) is 8.25. The lowest BCUT2D eigenvalue weighted by molar-refractivity contribution is -0.118. The molecule has 8 heteroatoms. The van der Waals surface area contributed by atoms with Gasteiger partial charge in [0, 0.05) is 19.3 Å². The molecule has 0 aromatic carbocycles. The number of carbonyl (C=O) groups is 2. The SMILES string of the molecule is Cc1c(Cl)cnc2c1NC(=O)C1CN(C(=O)OC(C)(C)C)CCN21. The summed E-state index contributed by atoms with van der Waals surface area (Å²) >= 11 is 6.09. The predicted octanol–water partition coefficient (Wildman–Crippen LogP) is 2.42. The van der Waals surface area contributed by atoms with Gasteiger partial charge in [0.15, 0.2) is 5.82 Å². The molecule has 3 heterocycles. The molecule has 7 nitrogen and oxygen atoms in total. The van der Waals surface area contributed by atoms with Crippen LogP contribution in [-0.4, -0.2) is 53.2 Å². The third kappa shape index (κ3) is 3.00. The Morgan fingerprint density at radius 3 is 2.79 bits per heavy atom. The Hall–Kier alpha value is -2.02. The third-order valence-corrected chi connectivity index (χ3v) is 4.49. The van der Waals surface area contributed by atoms with Crippen LogP contribution in [0.15, 0.2) is 6.20 Å². The minimum absolute atomic E-state index is 0.164. The van der Waals surface area contributed by atoms with Gasteiger partial charge in [0.2, 0.25) is 5.91 Å². The van der Waals surface area contributed by atoms with Crippen LogP contribution < -0.4 is 10.2 Å². The van der Waals surface area contributed by atoms with E-state index in [-0.39, 0.29) is 12.5 Å². The summed E-state index contributed by atoms with van der Waals surface area (Å²) in [5, 5.41) is 3.38. The van der Waals surface area contributed by atoms with Gasteiger partial charge in [0.25, 0.3) is 0 Å². The number of pyridine rings is 1. The number of rotatable bonds is 0. The van der Waals surface area contributed by atoms with Gasteiger partial charge in [-0.15, -0.1) is 0 Å². The van der Waals surface area contributed by atoms with Crippen LogP contribution in [0.3, 0.4) is 0 Å². The number of piperazine rings is 1. The first-order chi connectivity index (χ1) is 11.2. The topological polar surface area (TPSA) is 74.8 Å². The number of halogens is 1. The summed E-state index contributed by atoms with van der Waals surface area (Å²) in [6, 6.07) is -0.480. The van der Waals surface area contributed by atoms with Gasteiger partial charge >= 0.3 is 6.09 Å². The van der Waals surface area contributed by atoms with Crippen LogP contribution >= 0.6 is 11.6 Å². The number of ether oxygens (including phenoxy) is 1. The number of fused-ring (bicyclic) bond motifs is 3. The second kappa shape index (κ2) is 5.81. The van der Waals surface area contributed by atoms with Crippen molar-refractivity contribution in [3.63, 3.8) is 0 Å². The number of nitrogens with one attached hydrogen (secondary N) is 1. The smallest absolute Gasteiger partial charge is 0.410 e. The maximum Gasteiger partial charge on any atom is 0.410 e. The molecular formula is C16H21ClN4O3. The van der Waals surface area contributed by atoms with Crippen LogP contribution in [-0.2, 0) is 9.53 Å². The summed E-state index contributed by atoms with van der Waals surface area (Å²) in [5.74, 6) is 0.535. The fraction of sp³-hybridized carbons (Fsp3) is 0.562. The van der Waals surface area contributed by atoms with E-state index in [0.717, 1.165) is 5.56 Å². The van der Waals surface area contributed by atoms with Crippen LogP contribution in [0.5, 0.6) is 0 Å². The van der Waals surface area contributed by atoms with Crippen molar-refractivity contribution in [1.82, 2.24) is 9.88 Å². The molecule has 1 atom stereocenters. The van der Waals surface area contributed by atoms with Gasteiger partial charge in [-0.2, -0.15) is 0 Å². The lowest BCUT2D eigenvalue weighted by atomic mass is 10.1. The zero-order valence-corrected chi connectivity index (χ0v) is 15.0. The summed E-state index contributed by atoms with van der Waals surface area (Å²) in [4.78, 5) is 32.6. The molecule has 1 aromatic rings. The van der Waals surface area contributed by atoms with E-state index in [0.29, 0.717) is 29.6 Å². The zero-order valence-electron chi connectivity index (χ0n) is 14.2. The summed E-state index contributed by atoms with van der Waals surface area (Å²) < 4.78 is 5.40. The van der Waals surface area contributed by atoms with E-state index in [2.05, 4.69) is 10.3 Å². The predicted molar refractivity (Wildman–Crippen MR) is 91.6 cm³/mol. The van der Waals surface area contributed by atoms with E-state index in [1.54, 1.807) is 11.1 Å². The van der Waals surface area contributed by atoms with Gasteiger partial charge in [-0.05, 0) is 33.3 Å². The lowest BCUT2D eigenvalue weighted by Gasteiger charge is -2.44. The van der Waals surface area contributed by atoms with E-state index in [9.17, 15) is 9.59 Å². The number of hydrogen-bond acceptors (Lipinski definition) is 5. The van der Waals surface area contributed by atoms with E-state index in [4.69, 9.17) is 16.3 Å². The maximum absolute atomic E-state index is 12.5. The minimum atomic E-state index is -0.564. The molecule has 0 aliphatic carbocycles. The first-order valence-electron chi connectivity index (χ1n) is 7.88. The van der Waals surface area contributed by atoms with E-state index in [1.807, 2.05) is 32.6 Å². The third-order valence-electron chi connectivity index (χ3n) is 4.11. The lowest BCUT2D eigenvalue weighted by Crippen LogP contribution is -2.61. The molecule has 1 N–H and O–H groups in total. The van der Waals surface area contributed by atoms with Gasteiger partial charge in [0.05, 0.1) is 17.3 Å². The van der Waals surface area contributed by atoms with Crippen molar-refractivity contribution in [2.75, 3.05) is 29.9 Å². The van der Waals surface area contributed by atoms with Gasteiger partial charge < -0.3 is 19.9 Å². The first kappa shape index (κ1) is 16.8. The van der Waals surface area contributed by atoms with Crippen molar-refractivity contribution >= 4 is 35.1 Å². The number of nitrogens with zero attached hydrogens (tertiary/aromatic N) is 3. The highest BCUT2D eigenvalue weighted by Crippen LogP contribution is 2.37. The highest BCUT2D eigenvalue weighted by atomic mass is 35.5. The van der Waals surface area contributed by atoms with Crippen LogP contribution in [0.4, 0.5) is 16.3 Å². The standard InChI is InChI=1S/C16H21ClN4O3/c1-9-10(17)7-18-13-12(9)19-14(22)11-8-20(5-6-21(11)13)15(23)24-16(2,3)4/h7,11H,5-6,8H2,1-4H3,(H,19,22). The number of aromatic nitrogens is 1. The molecule has 1 saturated heterocycles. The largest absolute Gasteiger partial charge is 0.444 e. The molecule has 0 radical (unpaired) electrons. The van der Waals surface area contributed by atoms with E-state index in [1.165, 1.54) is 0 Å². The molecule has 24 heavy (non-hydrogen) atoms. The Kier molecular flexibility index (Phi) is 4.07. The number of amides is 2. The molecule has 1 unspecified atom stereocenters. The van der Waals surface area contributed by atoms with E-state index >= 15 is 0 Å². The molecule has 2 amide bonds. The van der Waals surface area contributed by atoms with Crippen molar-refractivity contribution in [2.45, 2.75) is 39.3 Å². The van der Waals surface area contributed by atoms with Crippen LogP contribution in [0.2, 0.25) is 5.02 Å². The molecule has 130 valence electrons. The molecule has 3 rings (SSSR count). The number of hydrogen-bond donors (Lipinski definition) is 1. The zero-order chi connectivity index (χ0) is 17.6. The quantitative estimate of drug-likeness (QED) is 0.776. The highest BCUT2D eigenvalue weighted by molar-refractivity contribution is 6.32. The van der Waals surface area contributed by atoms with E-state index < -0.39 is 17.7 Å². The summed E-state index contributed by atoms with van der Waals surface area (Å²) in [6.07, 6.45) is 1.19. The van der Waals surface area contributed by atoms with Crippen LogP contribution in [0.25, 0.3) is 0 Å². The summed E-state index contributed by atoms with van der Waals surface area (Å²) in [5.41, 5.74) is 0.878. The van der Waals surface area contributed by atoms with Gasteiger partial charge in [-0.1, -0.05) is 11.6 Å². The van der Waals surface area contributed by atoms with Crippen molar-refractivity contribution in [3.8, 4) is 0 Å². The Morgan fingerprint density at radius 1 is 1.42 bits per heavy atom. The van der Waals surface area contributed by atoms with Gasteiger partial charge in [-0.25, -0.2) is 9.78 Å². The number of carbonyl (C=O) groups excluding carboxylic acids is 2.